The Balaban J connectivity index is 2.01. The second kappa shape index (κ2) is 8.73. The number of pyridine rings is 1. The summed E-state index contributed by atoms with van der Waals surface area (Å²) >= 11 is 0. The van der Waals surface area contributed by atoms with E-state index in [0.29, 0.717) is 30.5 Å². The molecule has 0 unspecified atom stereocenters. The fourth-order valence-corrected chi connectivity index (χ4v) is 3.70. The van der Waals surface area contributed by atoms with E-state index in [2.05, 4.69) is 4.98 Å². The van der Waals surface area contributed by atoms with Crippen molar-refractivity contribution in [3.63, 3.8) is 0 Å². The van der Waals surface area contributed by atoms with Gasteiger partial charge in [0.05, 0.1) is 11.9 Å². The summed E-state index contributed by atoms with van der Waals surface area (Å²) in [5.41, 5.74) is -1.47. The van der Waals surface area contributed by atoms with Gasteiger partial charge in [0.15, 0.2) is 5.78 Å². The number of ketones is 1. The molecule has 0 aliphatic heterocycles. The van der Waals surface area contributed by atoms with Crippen LogP contribution in [0.3, 0.4) is 0 Å². The summed E-state index contributed by atoms with van der Waals surface area (Å²) in [5.74, 6) is -0.450. The first kappa shape index (κ1) is 23.5. The lowest BCUT2D eigenvalue weighted by Gasteiger charge is -2.12. The normalized spacial score (nSPS) is 12.0. The highest BCUT2D eigenvalue weighted by atomic mass is 19.4. The van der Waals surface area contributed by atoms with Gasteiger partial charge in [-0.2, -0.15) is 13.2 Å². The molecular weight excluding hydrogens is 429 g/mol. The second-order valence-electron chi connectivity index (χ2n) is 7.50. The zero-order valence-corrected chi connectivity index (χ0v) is 18.1. The van der Waals surface area contributed by atoms with Crippen LogP contribution in [-0.2, 0) is 31.1 Å². The quantitative estimate of drug-likeness (QED) is 0.406. The molecule has 0 amide bonds. The Morgan fingerprint density at radius 3 is 2.47 bits per heavy atom. The van der Waals surface area contributed by atoms with Gasteiger partial charge >= 0.3 is 11.9 Å². The number of Topliss-reactive ketones (excluding diaryl/α,β-unsaturated/α-hetero) is 1. The summed E-state index contributed by atoms with van der Waals surface area (Å²) < 4.78 is 47.5. The second-order valence-corrected chi connectivity index (χ2v) is 7.50. The van der Waals surface area contributed by atoms with Gasteiger partial charge in [-0.05, 0) is 38.5 Å². The predicted octanol–water partition coefficient (Wildman–Crippen LogP) is 2.45. The maximum absolute atomic E-state index is 13.0. The Morgan fingerprint density at radius 1 is 1.16 bits per heavy atom. The van der Waals surface area contributed by atoms with Gasteiger partial charge in [0.1, 0.15) is 11.3 Å². The molecule has 3 aromatic rings. The molecule has 0 saturated heterocycles. The molecule has 0 bridgehead atoms. The number of alkyl halides is 3. The smallest absolute Gasteiger partial charge is 0.385 e. The number of fused-ring (bicyclic) bond motifs is 1. The molecule has 172 valence electrons. The van der Waals surface area contributed by atoms with Crippen LogP contribution in [0.25, 0.3) is 11.0 Å². The lowest BCUT2D eigenvalue weighted by molar-refractivity contribution is -0.141. The maximum Gasteiger partial charge on any atom is 0.433 e. The average molecular weight is 452 g/mol. The zero-order valence-electron chi connectivity index (χ0n) is 18.1. The van der Waals surface area contributed by atoms with Crippen LogP contribution < -0.4 is 11.2 Å². The first-order valence-corrected chi connectivity index (χ1v) is 9.84. The van der Waals surface area contributed by atoms with Crippen molar-refractivity contribution in [2.24, 2.45) is 7.05 Å². The number of carbonyl (C=O) groups excluding carboxylic acids is 1. The fourth-order valence-electron chi connectivity index (χ4n) is 3.70. The summed E-state index contributed by atoms with van der Waals surface area (Å²) in [6.07, 6.45) is -3.97. The minimum atomic E-state index is -4.72. The Morgan fingerprint density at radius 2 is 1.84 bits per heavy atom. The Bertz CT molecular complexity index is 1300. The van der Waals surface area contributed by atoms with Crippen molar-refractivity contribution >= 4 is 16.8 Å². The van der Waals surface area contributed by atoms with Gasteiger partial charge in [0, 0.05) is 44.3 Å². The van der Waals surface area contributed by atoms with E-state index >= 15 is 0 Å². The Hall–Kier alpha value is -3.21. The molecule has 0 atom stereocenters. The van der Waals surface area contributed by atoms with Gasteiger partial charge in [-0.3, -0.25) is 18.7 Å². The largest absolute Gasteiger partial charge is 0.433 e. The predicted molar refractivity (Wildman–Crippen MR) is 111 cm³/mol. The standard InChI is InChI=1S/C21H23F3N4O4/c1-12-10-15(13(2)27(12)8-5-9-32-4)16(29)11-28-19(30)14-6-7-17(21(22,23)24)25-18(14)26(3)20(28)31/h6-7,10H,5,8-9,11H2,1-4H3. The van der Waals surface area contributed by atoms with Gasteiger partial charge in [-0.1, -0.05) is 0 Å². The number of carbonyl (C=O) groups is 1. The van der Waals surface area contributed by atoms with Crippen LogP contribution in [0.15, 0.2) is 27.8 Å². The first-order valence-electron chi connectivity index (χ1n) is 9.84. The number of nitrogens with zero attached hydrogens (tertiary/aromatic N) is 4. The molecular formula is C21H23F3N4O4. The van der Waals surface area contributed by atoms with Crippen molar-refractivity contribution in [1.82, 2.24) is 18.7 Å². The molecule has 3 aromatic heterocycles. The molecule has 0 radical (unpaired) electrons. The van der Waals surface area contributed by atoms with E-state index < -0.39 is 41.1 Å². The van der Waals surface area contributed by atoms with E-state index in [1.54, 1.807) is 20.1 Å². The molecule has 0 aliphatic rings. The molecule has 32 heavy (non-hydrogen) atoms. The lowest BCUT2D eigenvalue weighted by atomic mass is 10.1. The minimum absolute atomic E-state index is 0.182. The zero-order chi connectivity index (χ0) is 23.8. The van der Waals surface area contributed by atoms with Gasteiger partial charge < -0.3 is 9.30 Å². The highest BCUT2D eigenvalue weighted by molar-refractivity contribution is 5.97. The monoisotopic (exact) mass is 452 g/mol. The number of aryl methyl sites for hydroxylation is 2. The number of aromatic nitrogens is 4. The highest BCUT2D eigenvalue weighted by Gasteiger charge is 2.33. The van der Waals surface area contributed by atoms with Crippen LogP contribution in [0.1, 0.15) is 33.9 Å². The van der Waals surface area contributed by atoms with Crippen molar-refractivity contribution in [2.45, 2.75) is 39.5 Å². The molecule has 3 rings (SSSR count). The van der Waals surface area contributed by atoms with Crippen molar-refractivity contribution in [3.8, 4) is 0 Å². The van der Waals surface area contributed by atoms with Gasteiger partial charge in [0.25, 0.3) is 5.56 Å². The van der Waals surface area contributed by atoms with Crippen molar-refractivity contribution in [3.05, 3.63) is 61.7 Å². The highest BCUT2D eigenvalue weighted by Crippen LogP contribution is 2.28. The van der Waals surface area contributed by atoms with Crippen molar-refractivity contribution in [1.29, 1.82) is 0 Å². The number of hydrogen-bond acceptors (Lipinski definition) is 5. The van der Waals surface area contributed by atoms with E-state index in [-0.39, 0.29) is 5.39 Å². The lowest BCUT2D eigenvalue weighted by Crippen LogP contribution is -2.41. The van der Waals surface area contributed by atoms with E-state index in [1.807, 2.05) is 11.5 Å². The molecule has 3 heterocycles. The van der Waals surface area contributed by atoms with Gasteiger partial charge in [-0.25, -0.2) is 9.78 Å². The van der Waals surface area contributed by atoms with E-state index in [1.165, 1.54) is 7.05 Å². The molecule has 0 N–H and O–H groups in total. The van der Waals surface area contributed by atoms with Gasteiger partial charge in [0.2, 0.25) is 0 Å². The SMILES string of the molecule is COCCCn1c(C)cc(C(=O)Cn2c(=O)c3ccc(C(F)(F)F)nc3n(C)c2=O)c1C. The van der Waals surface area contributed by atoms with Crippen LogP contribution in [0.5, 0.6) is 0 Å². The molecule has 8 nitrogen and oxygen atoms in total. The maximum atomic E-state index is 13.0. The number of ether oxygens (including phenoxy) is 1. The summed E-state index contributed by atoms with van der Waals surface area (Å²) in [4.78, 5) is 41.9. The van der Waals surface area contributed by atoms with Crippen LogP contribution in [0.4, 0.5) is 13.2 Å². The molecule has 0 fully saturated rings. The Labute approximate surface area is 180 Å². The average Bonchev–Trinajstić information content (AvgIpc) is 3.02. The third kappa shape index (κ3) is 4.24. The van der Waals surface area contributed by atoms with Crippen LogP contribution >= 0.6 is 0 Å². The van der Waals surface area contributed by atoms with E-state index in [4.69, 9.17) is 4.74 Å². The molecule has 11 heteroatoms. The van der Waals surface area contributed by atoms with Gasteiger partial charge in [-0.15, -0.1) is 0 Å². The van der Waals surface area contributed by atoms with Crippen LogP contribution in [0, 0.1) is 13.8 Å². The molecule has 0 aliphatic carbocycles. The summed E-state index contributed by atoms with van der Waals surface area (Å²) in [7, 11) is 2.81. The third-order valence-corrected chi connectivity index (χ3v) is 5.38. The topological polar surface area (TPSA) is 88.1 Å². The minimum Gasteiger partial charge on any atom is -0.385 e. The molecule has 0 aromatic carbocycles. The van der Waals surface area contributed by atoms with Crippen LogP contribution in [-0.4, -0.2) is 38.2 Å². The third-order valence-electron chi connectivity index (χ3n) is 5.38. The van der Waals surface area contributed by atoms with Crippen molar-refractivity contribution in [2.75, 3.05) is 13.7 Å². The number of methoxy groups -OCH3 is 1. The Kier molecular flexibility index (Phi) is 6.40. The van der Waals surface area contributed by atoms with Crippen LogP contribution in [0.2, 0.25) is 0 Å². The molecule has 0 saturated carbocycles. The summed E-state index contributed by atoms with van der Waals surface area (Å²) in [5, 5.41) is -0.182. The van der Waals surface area contributed by atoms with Crippen molar-refractivity contribution < 1.29 is 22.7 Å². The summed E-state index contributed by atoms with van der Waals surface area (Å²) in [6, 6.07) is 3.34. The number of rotatable bonds is 7. The molecule has 0 spiro atoms. The summed E-state index contributed by atoms with van der Waals surface area (Å²) in [6.45, 7) is 4.29. The van der Waals surface area contributed by atoms with E-state index in [9.17, 15) is 27.6 Å². The first-order chi connectivity index (χ1) is 15.0. The fraction of sp³-hybridized carbons (Fsp3) is 0.429. The number of hydrogen-bond donors (Lipinski definition) is 0. The van der Waals surface area contributed by atoms with E-state index in [0.717, 1.165) is 27.3 Å². The number of halogens is 3.